The number of nitrogens with zero attached hydrogens (tertiary/aromatic N) is 3. The summed E-state index contributed by atoms with van der Waals surface area (Å²) in [6.07, 6.45) is 1.82. The first-order valence-electron chi connectivity index (χ1n) is 24.5. The van der Waals surface area contributed by atoms with Gasteiger partial charge in [-0.3, -0.25) is 9.37 Å². The van der Waals surface area contributed by atoms with Gasteiger partial charge in [0.1, 0.15) is 5.58 Å². The molecule has 0 aliphatic carbocycles. The normalized spacial score (nSPS) is 11.8. The Bertz CT molecular complexity index is 3900. The van der Waals surface area contributed by atoms with Gasteiger partial charge in [0.05, 0.1) is 30.5 Å². The molecule has 0 amide bonds. The van der Waals surface area contributed by atoms with Crippen molar-refractivity contribution in [2.75, 3.05) is 0 Å². The van der Waals surface area contributed by atoms with Crippen LogP contribution in [0.3, 0.4) is 0 Å². The maximum Gasteiger partial charge on any atom is 0.121 e. The molecular weight excluding hydrogens is 1080 g/mol. The molecule has 1 radical (unpaired) electrons. The number of imidazole rings is 1. The Morgan fingerprint density at radius 2 is 1.25 bits per heavy atom. The molecule has 12 rings (SSSR count). The molecule has 0 fully saturated rings. The second kappa shape index (κ2) is 19.7. The van der Waals surface area contributed by atoms with Crippen LogP contribution in [0.2, 0.25) is 19.6 Å². The van der Waals surface area contributed by atoms with E-state index in [4.69, 9.17) is 9.40 Å². The van der Waals surface area contributed by atoms with E-state index in [0.717, 1.165) is 55.6 Å². The number of aromatic nitrogens is 3. The van der Waals surface area contributed by atoms with Crippen molar-refractivity contribution in [1.82, 2.24) is 14.5 Å². The molecular formula is C65H54FIrN3OSi-2. The monoisotopic (exact) mass is 1130 g/mol. The predicted octanol–water partition coefficient (Wildman–Crippen LogP) is 17.5. The summed E-state index contributed by atoms with van der Waals surface area (Å²) in [4.78, 5) is 9.69. The van der Waals surface area contributed by atoms with Crippen molar-refractivity contribution in [2.45, 2.75) is 59.2 Å². The van der Waals surface area contributed by atoms with E-state index >= 15 is 0 Å². The van der Waals surface area contributed by atoms with Gasteiger partial charge in [-0.05, 0) is 115 Å². The van der Waals surface area contributed by atoms with Crippen LogP contribution < -0.4 is 5.19 Å². The number of fused-ring (bicyclic) bond motifs is 7. The van der Waals surface area contributed by atoms with Gasteiger partial charge >= 0.3 is 0 Å². The largest absolute Gasteiger partial charge is 0.501 e. The van der Waals surface area contributed by atoms with E-state index < -0.39 is 8.07 Å². The molecule has 7 heteroatoms. The molecule has 0 saturated carbocycles. The van der Waals surface area contributed by atoms with E-state index in [1.807, 2.05) is 12.3 Å². The Labute approximate surface area is 435 Å². The van der Waals surface area contributed by atoms with Crippen LogP contribution in [-0.4, -0.2) is 22.6 Å². The maximum atomic E-state index is 12.8. The van der Waals surface area contributed by atoms with Crippen LogP contribution in [0.15, 0.2) is 193 Å². The van der Waals surface area contributed by atoms with Gasteiger partial charge in [0, 0.05) is 43.2 Å². The fourth-order valence-electron chi connectivity index (χ4n) is 9.91. The summed E-state index contributed by atoms with van der Waals surface area (Å²) in [5.74, 6) is 1.07. The van der Waals surface area contributed by atoms with Crippen molar-refractivity contribution in [2.24, 2.45) is 0 Å². The van der Waals surface area contributed by atoms with E-state index in [0.29, 0.717) is 0 Å². The molecule has 0 N–H and O–H groups in total. The molecule has 3 heterocycles. The van der Waals surface area contributed by atoms with Crippen LogP contribution in [0.4, 0.5) is 4.39 Å². The average molecular weight is 1130 g/mol. The van der Waals surface area contributed by atoms with Crippen LogP contribution in [0, 0.1) is 17.9 Å². The van der Waals surface area contributed by atoms with Gasteiger partial charge in [-0.15, -0.1) is 48.0 Å². The van der Waals surface area contributed by atoms with Gasteiger partial charge in [-0.1, -0.05) is 173 Å². The summed E-state index contributed by atoms with van der Waals surface area (Å²) in [6.45, 7) is 16.1. The molecule has 357 valence electrons. The van der Waals surface area contributed by atoms with Gasteiger partial charge in [0.25, 0.3) is 0 Å². The Kier molecular flexibility index (Phi) is 13.2. The fraction of sp³-hybridized carbons (Fsp3) is 0.138. The summed E-state index contributed by atoms with van der Waals surface area (Å²) in [5, 5.41) is 8.34. The maximum absolute atomic E-state index is 12.8. The molecule has 9 aromatic carbocycles. The molecule has 12 aromatic rings. The standard InChI is InChI=1S/C51H39N2O.C14H15FNSi.Ir/c1-31(2)42-28-38(35-23-21-34(22-24-35)33-13-6-5-7-14-33)29-43(32(3)4)49(42)53-47-20-11-10-19-46(47)52-51(53)41-18-12-17-40-45-27-37-26-25-36-15-8-9-16-39(36)44(37)30-48(45)54-50(40)41;1-17(2,3)13-8-9-16-14(10-13)11-4-6-12(15)7-5-11;/h5-17,19-32H,1-4H3;4,6-10H,1-3H3;/q2*-1;. The second-order valence-electron chi connectivity index (χ2n) is 20.2. The van der Waals surface area contributed by atoms with Gasteiger partial charge in [-0.2, -0.15) is 0 Å². The Morgan fingerprint density at radius 3 is 1.96 bits per heavy atom. The number of pyridine rings is 1. The first kappa shape index (κ1) is 48.3. The zero-order valence-electron chi connectivity index (χ0n) is 41.5. The molecule has 0 unspecified atom stereocenters. The first-order chi connectivity index (χ1) is 34.4. The molecule has 0 bridgehead atoms. The van der Waals surface area contributed by atoms with Gasteiger partial charge < -0.3 is 14.0 Å². The third kappa shape index (κ3) is 9.13. The molecule has 0 aliphatic rings. The fourth-order valence-corrected chi connectivity index (χ4v) is 11.1. The van der Waals surface area contributed by atoms with E-state index in [1.54, 1.807) is 6.07 Å². The number of hydrogen-bond acceptors (Lipinski definition) is 3. The van der Waals surface area contributed by atoms with Crippen molar-refractivity contribution >= 4 is 67.8 Å². The summed E-state index contributed by atoms with van der Waals surface area (Å²) in [5.41, 5.74) is 14.9. The van der Waals surface area contributed by atoms with Crippen molar-refractivity contribution in [3.8, 4) is 50.6 Å². The van der Waals surface area contributed by atoms with Crippen LogP contribution in [0.25, 0.3) is 105 Å². The van der Waals surface area contributed by atoms with Gasteiger partial charge in [0.2, 0.25) is 0 Å². The van der Waals surface area contributed by atoms with Crippen LogP contribution >= 0.6 is 0 Å². The van der Waals surface area contributed by atoms with Crippen LogP contribution in [0.1, 0.15) is 50.7 Å². The van der Waals surface area contributed by atoms with Crippen LogP contribution in [0.5, 0.6) is 0 Å². The van der Waals surface area contributed by atoms with E-state index in [-0.39, 0.29) is 37.8 Å². The van der Waals surface area contributed by atoms with Gasteiger partial charge in [0.15, 0.2) is 0 Å². The summed E-state index contributed by atoms with van der Waals surface area (Å²) >= 11 is 0. The third-order valence-electron chi connectivity index (χ3n) is 13.7. The number of halogens is 1. The molecule has 72 heavy (non-hydrogen) atoms. The molecule has 0 spiro atoms. The minimum Gasteiger partial charge on any atom is -0.501 e. The Balaban J connectivity index is 0.000000282. The zero-order chi connectivity index (χ0) is 49.0. The molecule has 0 saturated heterocycles. The minimum absolute atomic E-state index is 0. The first-order valence-corrected chi connectivity index (χ1v) is 28.0. The molecule has 3 aromatic heterocycles. The summed E-state index contributed by atoms with van der Waals surface area (Å²) in [7, 11) is -1.34. The quantitative estimate of drug-likeness (QED) is 0.0865. The zero-order valence-corrected chi connectivity index (χ0v) is 44.9. The van der Waals surface area contributed by atoms with Gasteiger partial charge in [-0.25, -0.2) is 0 Å². The minimum atomic E-state index is -1.34. The molecule has 0 atom stereocenters. The smallest absolute Gasteiger partial charge is 0.121 e. The number of rotatable bonds is 8. The summed E-state index contributed by atoms with van der Waals surface area (Å²) in [6, 6.07) is 69.6. The molecule has 0 aliphatic heterocycles. The summed E-state index contributed by atoms with van der Waals surface area (Å²) < 4.78 is 22.1. The van der Waals surface area contributed by atoms with E-state index in [9.17, 15) is 4.39 Å². The third-order valence-corrected chi connectivity index (χ3v) is 15.8. The van der Waals surface area contributed by atoms with Crippen molar-refractivity contribution in [1.29, 1.82) is 0 Å². The topological polar surface area (TPSA) is 43.9 Å². The van der Waals surface area contributed by atoms with Crippen molar-refractivity contribution in [3.05, 3.63) is 217 Å². The molecule has 4 nitrogen and oxygen atoms in total. The number of hydrogen-bond donors (Lipinski definition) is 0. The number of para-hydroxylation sites is 2. The SMILES string of the molecule is CC(C)c1cc(-c2ccc(-c3ccccc3)cc2)cc(C(C)C)c1-n1c(-c2[c-]ccc3c2oc2cc4c(ccc5ccccc54)cc23)nc2ccccc21.C[Si](C)(C)c1ccnc(-c2[c-]cc(F)cc2)c1.[Ir]. The van der Waals surface area contributed by atoms with E-state index in [1.165, 1.54) is 77.9 Å². The van der Waals surface area contributed by atoms with Crippen molar-refractivity contribution in [3.63, 3.8) is 0 Å². The van der Waals surface area contributed by atoms with Crippen molar-refractivity contribution < 1.29 is 28.9 Å². The second-order valence-corrected chi connectivity index (χ2v) is 25.2. The Morgan fingerprint density at radius 1 is 0.583 bits per heavy atom. The number of benzene rings is 9. The predicted molar refractivity (Wildman–Crippen MR) is 298 cm³/mol. The van der Waals surface area contributed by atoms with Crippen LogP contribution in [-0.2, 0) is 20.1 Å². The Hall–Kier alpha value is -7.28. The number of furan rings is 1. The van der Waals surface area contributed by atoms with E-state index in [2.05, 4.69) is 227 Å². The average Bonchev–Trinajstić information content (AvgIpc) is 3.96.